The minimum absolute atomic E-state index is 0. The summed E-state index contributed by atoms with van der Waals surface area (Å²) < 4.78 is 0. The van der Waals surface area contributed by atoms with Crippen LogP contribution in [-0.4, -0.2) is 16.9 Å². The standard InChI is InChI=1S/C14H10N4OS.2ClH/c1-8-2-3-10-11(13(19)18-14(15)17-10)12(8)20-9-4-6-16-7-5-9;;/h2-7H,1H2,(H2,15,18,19);2*1H. The molecule has 0 aliphatic carbocycles. The predicted octanol–water partition coefficient (Wildman–Crippen LogP) is 1.57. The van der Waals surface area contributed by atoms with Gasteiger partial charge < -0.3 is 5.73 Å². The van der Waals surface area contributed by atoms with Crippen molar-refractivity contribution in [1.29, 1.82) is 0 Å². The lowest BCUT2D eigenvalue weighted by Gasteiger charge is -2.10. The smallest absolute Gasteiger partial charge is 0.283 e. The largest absolute Gasteiger partial charge is 0.368 e. The number of hydrogen-bond donors (Lipinski definition) is 1. The van der Waals surface area contributed by atoms with E-state index in [1.807, 2.05) is 18.2 Å². The lowest BCUT2D eigenvalue weighted by molar-refractivity contribution is 0.0997. The van der Waals surface area contributed by atoms with Crippen LogP contribution in [0.3, 0.4) is 0 Å². The fourth-order valence-corrected chi connectivity index (χ4v) is 2.85. The van der Waals surface area contributed by atoms with E-state index in [-0.39, 0.29) is 36.7 Å². The highest BCUT2D eigenvalue weighted by molar-refractivity contribution is 7.99. The first-order valence-corrected chi connectivity index (χ1v) is 6.64. The number of benzene rings is 1. The van der Waals surface area contributed by atoms with Crippen LogP contribution in [0.2, 0.25) is 0 Å². The molecule has 0 radical (unpaired) electrons. The highest BCUT2D eigenvalue weighted by Crippen LogP contribution is 2.26. The van der Waals surface area contributed by atoms with Gasteiger partial charge in [0.25, 0.3) is 5.91 Å². The molecule has 3 rings (SSSR count). The fourth-order valence-electron chi connectivity index (χ4n) is 1.86. The van der Waals surface area contributed by atoms with Gasteiger partial charge in [-0.05, 0) is 23.4 Å². The number of fused-ring (bicyclic) bond motifs is 1. The van der Waals surface area contributed by atoms with Crippen molar-refractivity contribution >= 4 is 55.0 Å². The van der Waals surface area contributed by atoms with Crippen LogP contribution in [-0.2, 0) is 0 Å². The van der Waals surface area contributed by atoms with E-state index in [0.29, 0.717) is 10.9 Å². The molecule has 1 aromatic heterocycles. The van der Waals surface area contributed by atoms with E-state index >= 15 is 0 Å². The molecule has 1 aliphatic heterocycles. The lowest BCUT2D eigenvalue weighted by Crippen LogP contribution is -2.29. The summed E-state index contributed by atoms with van der Waals surface area (Å²) in [6, 6.07) is 7.28. The zero-order chi connectivity index (χ0) is 14.1. The fraction of sp³-hybridized carbons (Fsp3) is 0. The Hall–Kier alpha value is -1.89. The van der Waals surface area contributed by atoms with E-state index in [4.69, 9.17) is 5.73 Å². The number of nitrogens with two attached hydrogens (primary N) is 1. The van der Waals surface area contributed by atoms with Crippen LogP contribution in [0.15, 0.2) is 56.4 Å². The molecule has 1 aliphatic rings. The van der Waals surface area contributed by atoms with Crippen LogP contribution in [0.4, 0.5) is 0 Å². The topological polar surface area (TPSA) is 80.7 Å². The van der Waals surface area contributed by atoms with E-state index in [2.05, 4.69) is 21.5 Å². The minimum Gasteiger partial charge on any atom is -0.368 e. The molecule has 22 heavy (non-hydrogen) atoms. The van der Waals surface area contributed by atoms with Crippen molar-refractivity contribution in [3.63, 3.8) is 0 Å². The molecule has 0 saturated carbocycles. The molecule has 114 valence electrons. The van der Waals surface area contributed by atoms with Crippen LogP contribution in [0.25, 0.3) is 6.58 Å². The van der Waals surface area contributed by atoms with Gasteiger partial charge >= 0.3 is 0 Å². The first kappa shape index (κ1) is 18.2. The molecule has 0 saturated heterocycles. The van der Waals surface area contributed by atoms with Crippen LogP contribution >= 0.6 is 36.6 Å². The lowest BCUT2D eigenvalue weighted by atomic mass is 10.1. The first-order valence-electron chi connectivity index (χ1n) is 5.82. The van der Waals surface area contributed by atoms with Crippen LogP contribution < -0.4 is 16.3 Å². The Morgan fingerprint density at radius 1 is 1.05 bits per heavy atom. The van der Waals surface area contributed by atoms with E-state index < -0.39 is 0 Å². The number of aromatic nitrogens is 1. The summed E-state index contributed by atoms with van der Waals surface area (Å²) in [7, 11) is 0. The van der Waals surface area contributed by atoms with Gasteiger partial charge in [0.15, 0.2) is 0 Å². The minimum atomic E-state index is -0.380. The Morgan fingerprint density at radius 2 is 1.73 bits per heavy atom. The van der Waals surface area contributed by atoms with Crippen molar-refractivity contribution in [2.45, 2.75) is 9.79 Å². The number of hydrogen-bond acceptors (Lipinski definition) is 5. The number of carbonyl (C=O) groups excluding carboxylic acids is 1. The highest BCUT2D eigenvalue weighted by atomic mass is 35.5. The maximum absolute atomic E-state index is 12.1. The van der Waals surface area contributed by atoms with Gasteiger partial charge in [-0.25, -0.2) is 4.99 Å². The van der Waals surface area contributed by atoms with E-state index in [1.54, 1.807) is 18.5 Å². The maximum atomic E-state index is 12.1. The summed E-state index contributed by atoms with van der Waals surface area (Å²) >= 11 is 1.44. The summed E-state index contributed by atoms with van der Waals surface area (Å²) in [5, 5.41) is 1.29. The summed E-state index contributed by atoms with van der Waals surface area (Å²) in [5.74, 6) is -0.395. The van der Waals surface area contributed by atoms with Gasteiger partial charge in [0.05, 0.1) is 10.9 Å². The Labute approximate surface area is 143 Å². The normalized spacial score (nSPS) is 12.2. The van der Waals surface area contributed by atoms with Gasteiger partial charge in [0.2, 0.25) is 5.96 Å². The molecule has 0 fully saturated rings. The second-order valence-corrected chi connectivity index (χ2v) is 5.20. The Kier molecular flexibility index (Phi) is 6.11. The van der Waals surface area contributed by atoms with Crippen molar-refractivity contribution in [3.05, 3.63) is 52.8 Å². The van der Waals surface area contributed by atoms with Crippen molar-refractivity contribution in [2.75, 3.05) is 0 Å². The number of carbonyl (C=O) groups is 1. The van der Waals surface area contributed by atoms with E-state index in [1.165, 1.54) is 11.8 Å². The summed E-state index contributed by atoms with van der Waals surface area (Å²) in [5.41, 5.74) is 5.96. The SMILES string of the molecule is C=c1ccc2c(c1Sc1ccncc1)C(=O)N=C(N)N=2.Cl.Cl. The third-order valence-electron chi connectivity index (χ3n) is 2.75. The van der Waals surface area contributed by atoms with Gasteiger partial charge in [-0.3, -0.25) is 9.78 Å². The number of amides is 1. The number of halogens is 2. The van der Waals surface area contributed by atoms with Crippen LogP contribution in [0.5, 0.6) is 0 Å². The molecular formula is C14H12Cl2N4OS. The molecule has 2 heterocycles. The van der Waals surface area contributed by atoms with Crippen molar-refractivity contribution in [3.8, 4) is 0 Å². The molecule has 2 N–H and O–H groups in total. The molecule has 0 unspecified atom stereocenters. The summed E-state index contributed by atoms with van der Waals surface area (Å²) in [4.78, 5) is 25.6. The van der Waals surface area contributed by atoms with E-state index in [0.717, 1.165) is 15.0 Å². The zero-order valence-corrected chi connectivity index (χ0v) is 13.7. The molecule has 0 spiro atoms. The summed E-state index contributed by atoms with van der Waals surface area (Å²) in [6.07, 6.45) is 3.39. The second-order valence-electron chi connectivity index (χ2n) is 4.12. The van der Waals surface area contributed by atoms with Gasteiger partial charge in [0.1, 0.15) is 0 Å². The van der Waals surface area contributed by atoms with Gasteiger partial charge in [-0.2, -0.15) is 4.99 Å². The van der Waals surface area contributed by atoms with Gasteiger partial charge in [-0.1, -0.05) is 24.4 Å². The zero-order valence-electron chi connectivity index (χ0n) is 11.2. The number of nitrogens with zero attached hydrogens (tertiary/aromatic N) is 3. The van der Waals surface area contributed by atoms with Crippen molar-refractivity contribution < 1.29 is 4.79 Å². The Morgan fingerprint density at radius 3 is 2.41 bits per heavy atom. The third kappa shape index (κ3) is 3.47. The molecule has 0 atom stereocenters. The molecule has 5 nitrogen and oxygen atoms in total. The Bertz CT molecular complexity index is 840. The van der Waals surface area contributed by atoms with Crippen molar-refractivity contribution in [2.24, 2.45) is 15.7 Å². The van der Waals surface area contributed by atoms with Gasteiger partial charge in [0, 0.05) is 22.2 Å². The second kappa shape index (κ2) is 7.40. The summed E-state index contributed by atoms with van der Waals surface area (Å²) in [6.45, 7) is 3.97. The van der Waals surface area contributed by atoms with Crippen molar-refractivity contribution in [1.82, 2.24) is 4.98 Å². The molecular weight excluding hydrogens is 343 g/mol. The number of rotatable bonds is 2. The average Bonchev–Trinajstić information content (AvgIpc) is 2.43. The third-order valence-corrected chi connectivity index (χ3v) is 3.93. The quantitative estimate of drug-likeness (QED) is 0.887. The molecule has 8 heteroatoms. The maximum Gasteiger partial charge on any atom is 0.283 e. The number of pyridine rings is 1. The molecule has 2 aromatic rings. The van der Waals surface area contributed by atoms with Crippen LogP contribution in [0, 0.1) is 0 Å². The number of guanidine groups is 1. The highest BCUT2D eigenvalue weighted by Gasteiger charge is 2.19. The van der Waals surface area contributed by atoms with E-state index in [9.17, 15) is 4.79 Å². The van der Waals surface area contributed by atoms with Gasteiger partial charge in [-0.15, -0.1) is 24.8 Å². The molecule has 0 bridgehead atoms. The number of aliphatic imine (C=N–C) groups is 1. The monoisotopic (exact) mass is 354 g/mol. The Balaban J connectivity index is 0.00000121. The van der Waals surface area contributed by atoms with Crippen LogP contribution in [0.1, 0.15) is 10.4 Å². The average molecular weight is 355 g/mol. The predicted molar refractivity (Wildman–Crippen MR) is 91.6 cm³/mol. The molecule has 1 aromatic carbocycles. The first-order chi connectivity index (χ1) is 9.65. The molecule has 1 amide bonds.